The van der Waals surface area contributed by atoms with Gasteiger partial charge in [-0.25, -0.2) is 4.39 Å². The van der Waals surface area contributed by atoms with Crippen LogP contribution in [-0.2, 0) is 9.59 Å². The van der Waals surface area contributed by atoms with Crippen LogP contribution in [0.3, 0.4) is 0 Å². The third-order valence-electron chi connectivity index (χ3n) is 5.54. The van der Waals surface area contributed by atoms with Crippen molar-refractivity contribution in [3.05, 3.63) is 82.0 Å². The van der Waals surface area contributed by atoms with Crippen molar-refractivity contribution in [2.24, 2.45) is 0 Å². The first-order valence-corrected chi connectivity index (χ1v) is 13.5. The second-order valence-corrected chi connectivity index (χ2v) is 10.6. The average molecular weight is 586 g/mol. The van der Waals surface area contributed by atoms with Gasteiger partial charge in [0.15, 0.2) is 22.4 Å². The Hall–Kier alpha value is -3.60. The number of rotatable bonds is 9. The lowest BCUT2D eigenvalue weighted by Gasteiger charge is -2.17. The summed E-state index contributed by atoms with van der Waals surface area (Å²) >= 11 is 13.2. The SMILES string of the molecule is CCOc1cc(/C=C2\SC(=S)N(c3ccc(N(C)C)cc3)C2=O)cc(Cl)c1OCC(=O)Nc1ccccc1F. The quantitative estimate of drug-likeness (QED) is 0.231. The Morgan fingerprint density at radius 1 is 1.15 bits per heavy atom. The number of hydrogen-bond acceptors (Lipinski definition) is 7. The fourth-order valence-corrected chi connectivity index (χ4v) is 5.28. The van der Waals surface area contributed by atoms with E-state index in [-0.39, 0.29) is 22.4 Å². The Morgan fingerprint density at radius 2 is 1.87 bits per heavy atom. The highest BCUT2D eigenvalue weighted by atomic mass is 35.5. The highest BCUT2D eigenvalue weighted by Crippen LogP contribution is 2.40. The minimum absolute atomic E-state index is 0.0449. The molecule has 4 rings (SSSR count). The third kappa shape index (κ3) is 6.70. The lowest BCUT2D eigenvalue weighted by atomic mass is 10.1. The highest BCUT2D eigenvalue weighted by Gasteiger charge is 2.33. The van der Waals surface area contributed by atoms with E-state index in [0.29, 0.717) is 32.8 Å². The number of para-hydroxylation sites is 1. The minimum atomic E-state index is -0.565. The van der Waals surface area contributed by atoms with Crippen LogP contribution < -0.4 is 24.6 Å². The van der Waals surface area contributed by atoms with Gasteiger partial charge in [-0.05, 0) is 67.1 Å². The summed E-state index contributed by atoms with van der Waals surface area (Å²) in [5.74, 6) is -0.913. The zero-order chi connectivity index (χ0) is 28.1. The number of carbonyl (C=O) groups excluding carboxylic acids is 2. The van der Waals surface area contributed by atoms with Gasteiger partial charge in [-0.15, -0.1) is 0 Å². The molecule has 3 aromatic carbocycles. The van der Waals surface area contributed by atoms with E-state index in [1.165, 1.54) is 34.9 Å². The van der Waals surface area contributed by atoms with Gasteiger partial charge in [-0.3, -0.25) is 14.5 Å². The van der Waals surface area contributed by atoms with Crippen molar-refractivity contribution in [1.29, 1.82) is 0 Å². The number of ether oxygens (including phenoxy) is 2. The summed E-state index contributed by atoms with van der Waals surface area (Å²) in [6.07, 6.45) is 1.68. The molecule has 202 valence electrons. The number of carbonyl (C=O) groups is 2. The molecule has 3 aromatic rings. The Bertz CT molecular complexity index is 1450. The molecule has 0 saturated carbocycles. The van der Waals surface area contributed by atoms with E-state index in [1.807, 2.05) is 43.3 Å². The third-order valence-corrected chi connectivity index (χ3v) is 7.13. The van der Waals surface area contributed by atoms with Crippen molar-refractivity contribution in [3.8, 4) is 11.5 Å². The smallest absolute Gasteiger partial charge is 0.270 e. The summed E-state index contributed by atoms with van der Waals surface area (Å²) in [7, 11) is 3.88. The van der Waals surface area contributed by atoms with E-state index in [9.17, 15) is 14.0 Å². The molecule has 0 spiro atoms. The molecule has 1 heterocycles. The Morgan fingerprint density at radius 3 is 2.54 bits per heavy atom. The largest absolute Gasteiger partial charge is 0.490 e. The summed E-state index contributed by atoms with van der Waals surface area (Å²) < 4.78 is 25.6. The van der Waals surface area contributed by atoms with Crippen LogP contribution in [-0.4, -0.2) is 43.4 Å². The monoisotopic (exact) mass is 585 g/mol. The molecule has 39 heavy (non-hydrogen) atoms. The molecular weight excluding hydrogens is 561 g/mol. The molecule has 0 unspecified atom stereocenters. The molecule has 0 aliphatic carbocycles. The fourth-order valence-electron chi connectivity index (χ4n) is 3.70. The molecule has 1 fully saturated rings. The summed E-state index contributed by atoms with van der Waals surface area (Å²) in [5, 5.41) is 2.64. The second kappa shape index (κ2) is 12.5. The molecule has 1 aliphatic heterocycles. The summed E-state index contributed by atoms with van der Waals surface area (Å²) in [4.78, 5) is 29.4. The van der Waals surface area contributed by atoms with Gasteiger partial charge < -0.3 is 19.7 Å². The lowest BCUT2D eigenvalue weighted by Crippen LogP contribution is -2.27. The van der Waals surface area contributed by atoms with Gasteiger partial charge in [0.25, 0.3) is 11.8 Å². The number of benzene rings is 3. The summed E-state index contributed by atoms with van der Waals surface area (Å²) in [5.41, 5.74) is 2.32. The molecule has 0 aromatic heterocycles. The van der Waals surface area contributed by atoms with E-state index >= 15 is 0 Å². The number of anilines is 3. The van der Waals surface area contributed by atoms with Crippen LogP contribution in [0.15, 0.2) is 65.6 Å². The second-order valence-electron chi connectivity index (χ2n) is 8.51. The molecule has 1 N–H and O–H groups in total. The Balaban J connectivity index is 1.52. The van der Waals surface area contributed by atoms with Crippen molar-refractivity contribution in [2.75, 3.05) is 42.4 Å². The van der Waals surface area contributed by atoms with Gasteiger partial charge in [0.1, 0.15) is 5.82 Å². The van der Waals surface area contributed by atoms with Crippen molar-refractivity contribution in [1.82, 2.24) is 0 Å². The Labute approximate surface area is 240 Å². The van der Waals surface area contributed by atoms with E-state index < -0.39 is 18.3 Å². The van der Waals surface area contributed by atoms with Crippen LogP contribution in [0, 0.1) is 5.82 Å². The van der Waals surface area contributed by atoms with Crippen LogP contribution in [0.2, 0.25) is 5.02 Å². The molecule has 1 saturated heterocycles. The van der Waals surface area contributed by atoms with Gasteiger partial charge in [-0.2, -0.15) is 0 Å². The minimum Gasteiger partial charge on any atom is -0.490 e. The van der Waals surface area contributed by atoms with Crippen molar-refractivity contribution < 1.29 is 23.5 Å². The van der Waals surface area contributed by atoms with Crippen molar-refractivity contribution in [2.45, 2.75) is 6.92 Å². The van der Waals surface area contributed by atoms with Gasteiger partial charge in [-0.1, -0.05) is 47.7 Å². The highest BCUT2D eigenvalue weighted by molar-refractivity contribution is 8.27. The summed E-state index contributed by atoms with van der Waals surface area (Å²) in [6, 6.07) is 16.6. The molecule has 1 aliphatic rings. The molecule has 0 bridgehead atoms. The number of nitrogens with one attached hydrogen (secondary N) is 1. The van der Waals surface area contributed by atoms with Gasteiger partial charge in [0, 0.05) is 19.8 Å². The number of nitrogens with zero attached hydrogens (tertiary/aromatic N) is 2. The zero-order valence-electron chi connectivity index (χ0n) is 21.4. The van der Waals surface area contributed by atoms with Crippen molar-refractivity contribution in [3.63, 3.8) is 0 Å². The molecule has 2 amide bonds. The number of halogens is 2. The predicted molar refractivity (Wildman–Crippen MR) is 160 cm³/mol. The van der Waals surface area contributed by atoms with Crippen molar-refractivity contribution >= 4 is 74.9 Å². The van der Waals surface area contributed by atoms with Gasteiger partial charge in [0.2, 0.25) is 0 Å². The molecule has 11 heteroatoms. The predicted octanol–water partition coefficient (Wildman–Crippen LogP) is 6.37. The average Bonchev–Trinajstić information content (AvgIpc) is 3.17. The molecule has 7 nitrogen and oxygen atoms in total. The number of thiocarbonyl (C=S) groups is 1. The van der Waals surface area contributed by atoms with Gasteiger partial charge in [0.05, 0.1) is 27.9 Å². The lowest BCUT2D eigenvalue weighted by molar-refractivity contribution is -0.118. The first kappa shape index (κ1) is 28.4. The van der Waals surface area contributed by atoms with Gasteiger partial charge >= 0.3 is 0 Å². The van der Waals surface area contributed by atoms with E-state index in [4.69, 9.17) is 33.3 Å². The number of hydrogen-bond donors (Lipinski definition) is 1. The topological polar surface area (TPSA) is 71.1 Å². The molecular formula is C28H25ClFN3O4S2. The summed E-state index contributed by atoms with van der Waals surface area (Å²) in [6.45, 7) is 1.68. The zero-order valence-corrected chi connectivity index (χ0v) is 23.8. The standard InChI is InChI=1S/C28H25ClFN3O4S2/c1-4-36-23-14-17(13-20(29)26(23)37-16-25(34)31-22-8-6-5-7-21(22)30)15-24-27(35)33(28(38)39-24)19-11-9-18(10-12-19)32(2)3/h5-15H,4,16H2,1-3H3,(H,31,34)/b24-15-. The van der Waals surface area contributed by atoms with Crippen LogP contribution in [0.25, 0.3) is 6.08 Å². The first-order valence-electron chi connectivity index (χ1n) is 11.9. The van der Waals surface area contributed by atoms with Crippen LogP contribution in [0.4, 0.5) is 21.5 Å². The fraction of sp³-hybridized carbons (Fsp3) is 0.179. The normalized spacial score (nSPS) is 14.1. The maximum Gasteiger partial charge on any atom is 0.270 e. The van der Waals surface area contributed by atoms with E-state index in [2.05, 4.69) is 5.32 Å². The maximum atomic E-state index is 13.8. The maximum absolute atomic E-state index is 13.8. The van der Waals surface area contributed by atoms with Crippen LogP contribution in [0.5, 0.6) is 11.5 Å². The van der Waals surface area contributed by atoms with Crippen LogP contribution in [0.1, 0.15) is 12.5 Å². The number of amides is 2. The number of thioether (sulfide) groups is 1. The molecule has 0 atom stereocenters. The van der Waals surface area contributed by atoms with E-state index in [1.54, 1.807) is 31.2 Å². The first-order chi connectivity index (χ1) is 18.7. The van der Waals surface area contributed by atoms with E-state index in [0.717, 1.165) is 5.69 Å². The van der Waals surface area contributed by atoms with Crippen LogP contribution >= 0.6 is 35.6 Å². The molecule has 0 radical (unpaired) electrons. The Kier molecular flexibility index (Phi) is 9.11.